The van der Waals surface area contributed by atoms with Gasteiger partial charge in [0.25, 0.3) is 16.8 Å². The van der Waals surface area contributed by atoms with Crippen LogP contribution in [0.4, 0.5) is 5.69 Å². The van der Waals surface area contributed by atoms with Gasteiger partial charge in [0, 0.05) is 17.7 Å². The molecule has 0 fully saturated rings. The minimum Gasteiger partial charge on any atom is -0.493 e. The summed E-state index contributed by atoms with van der Waals surface area (Å²) in [4.78, 5) is 22.5. The summed E-state index contributed by atoms with van der Waals surface area (Å²) in [6.07, 6.45) is 0. The highest BCUT2D eigenvalue weighted by atomic mass is 32.2. The van der Waals surface area contributed by atoms with Crippen LogP contribution in [0.3, 0.4) is 0 Å². The van der Waals surface area contributed by atoms with Crippen LogP contribution < -0.4 is 4.74 Å². The number of nitro groups is 1. The molecule has 2 aromatic carbocycles. The van der Waals surface area contributed by atoms with Gasteiger partial charge in [0.2, 0.25) is 0 Å². The lowest BCUT2D eigenvalue weighted by atomic mass is 10.1. The average molecular weight is 385 g/mol. The number of thioether (sulfide) groups is 1. The van der Waals surface area contributed by atoms with Crippen LogP contribution >= 0.6 is 11.8 Å². The number of rotatable bonds is 8. The quantitative estimate of drug-likeness (QED) is 0.248. The molecule has 0 radical (unpaired) electrons. The van der Waals surface area contributed by atoms with Gasteiger partial charge in [0.1, 0.15) is 5.75 Å². The highest BCUT2D eigenvalue weighted by Crippen LogP contribution is 2.30. The molecule has 0 unspecified atom stereocenters. The van der Waals surface area contributed by atoms with E-state index in [0.717, 1.165) is 11.8 Å². The van der Waals surface area contributed by atoms with Crippen molar-refractivity contribution in [2.24, 2.45) is 0 Å². The van der Waals surface area contributed by atoms with Crippen molar-refractivity contribution in [3.8, 4) is 17.2 Å². The smallest absolute Gasteiger partial charge is 0.277 e. The molecule has 27 heavy (non-hydrogen) atoms. The number of hydrogen-bond donors (Lipinski definition) is 0. The fraction of sp³-hybridized carbons (Fsp3) is 0.167. The molecule has 0 N–H and O–H groups in total. The largest absolute Gasteiger partial charge is 0.493 e. The predicted molar refractivity (Wildman–Crippen MR) is 99.1 cm³/mol. The van der Waals surface area contributed by atoms with Crippen LogP contribution in [0.1, 0.15) is 17.3 Å². The first-order valence-corrected chi connectivity index (χ1v) is 9.03. The van der Waals surface area contributed by atoms with Crippen molar-refractivity contribution in [3.63, 3.8) is 0 Å². The molecule has 138 valence electrons. The number of para-hydroxylation sites is 1. The lowest BCUT2D eigenvalue weighted by Gasteiger charge is -2.06. The number of hydrogen-bond acceptors (Lipinski definition) is 8. The molecule has 0 aliphatic carbocycles. The number of nitrogens with zero attached hydrogens (tertiary/aromatic N) is 3. The molecule has 1 heterocycles. The van der Waals surface area contributed by atoms with Gasteiger partial charge in [-0.25, -0.2) is 0 Å². The molecule has 0 bridgehead atoms. The number of aromatic nitrogens is 2. The SMILES string of the molecule is CCOc1ccccc1-c1nnc(SCC(=O)c2cccc([N+](=O)[O-])c2)o1. The summed E-state index contributed by atoms with van der Waals surface area (Å²) < 4.78 is 11.1. The topological polar surface area (TPSA) is 108 Å². The Kier molecular flexibility index (Phi) is 5.82. The van der Waals surface area contributed by atoms with Crippen LogP contribution in [0.25, 0.3) is 11.5 Å². The van der Waals surface area contributed by atoms with Crippen LogP contribution in [0.5, 0.6) is 5.75 Å². The maximum Gasteiger partial charge on any atom is 0.277 e. The van der Waals surface area contributed by atoms with E-state index in [1.165, 1.54) is 24.3 Å². The average Bonchev–Trinajstić information content (AvgIpc) is 3.15. The van der Waals surface area contributed by atoms with Gasteiger partial charge >= 0.3 is 0 Å². The van der Waals surface area contributed by atoms with Crippen molar-refractivity contribution in [3.05, 3.63) is 64.2 Å². The van der Waals surface area contributed by atoms with Crippen molar-refractivity contribution < 1.29 is 18.9 Å². The predicted octanol–water partition coefficient (Wildman–Crippen LogP) is 4.02. The van der Waals surface area contributed by atoms with Crippen molar-refractivity contribution in [2.75, 3.05) is 12.4 Å². The molecule has 1 aromatic heterocycles. The highest BCUT2D eigenvalue weighted by molar-refractivity contribution is 7.99. The molecule has 0 aliphatic heterocycles. The van der Waals surface area contributed by atoms with E-state index in [0.29, 0.717) is 23.8 Å². The number of nitro benzene ring substituents is 1. The Balaban J connectivity index is 1.69. The first kappa shape index (κ1) is 18.6. The second-order valence-electron chi connectivity index (χ2n) is 5.32. The van der Waals surface area contributed by atoms with E-state index >= 15 is 0 Å². The highest BCUT2D eigenvalue weighted by Gasteiger charge is 2.16. The minimum atomic E-state index is -0.538. The second-order valence-corrected chi connectivity index (χ2v) is 6.25. The maximum atomic E-state index is 12.3. The van der Waals surface area contributed by atoms with E-state index in [9.17, 15) is 14.9 Å². The zero-order valence-corrected chi connectivity index (χ0v) is 15.1. The summed E-state index contributed by atoms with van der Waals surface area (Å²) in [5.74, 6) is 0.686. The standard InChI is InChI=1S/C18H15N3O5S/c1-2-25-16-9-4-3-8-14(16)17-19-20-18(26-17)27-11-15(22)12-6-5-7-13(10-12)21(23)24/h3-10H,2,11H2,1H3. The number of carbonyl (C=O) groups excluding carboxylic acids is 1. The fourth-order valence-corrected chi connectivity index (χ4v) is 2.96. The Morgan fingerprint density at radius 2 is 2.04 bits per heavy atom. The van der Waals surface area contributed by atoms with Gasteiger partial charge in [-0.2, -0.15) is 0 Å². The summed E-state index contributed by atoms with van der Waals surface area (Å²) in [6, 6.07) is 12.9. The number of ether oxygens (including phenoxy) is 1. The van der Waals surface area contributed by atoms with Crippen LogP contribution in [-0.4, -0.2) is 33.3 Å². The van der Waals surface area contributed by atoms with Crippen molar-refractivity contribution >= 4 is 23.2 Å². The fourth-order valence-electron chi connectivity index (χ4n) is 2.31. The minimum absolute atomic E-state index is 0.0237. The molecule has 0 atom stereocenters. The molecule has 3 aromatic rings. The van der Waals surface area contributed by atoms with Gasteiger partial charge in [-0.3, -0.25) is 14.9 Å². The molecular weight excluding hydrogens is 370 g/mol. The normalized spacial score (nSPS) is 10.6. The van der Waals surface area contributed by atoms with Gasteiger partial charge in [-0.15, -0.1) is 10.2 Å². The summed E-state index contributed by atoms with van der Waals surface area (Å²) in [5, 5.41) is 19.0. The van der Waals surface area contributed by atoms with E-state index in [2.05, 4.69) is 10.2 Å². The van der Waals surface area contributed by atoms with E-state index in [1.54, 1.807) is 6.07 Å². The van der Waals surface area contributed by atoms with E-state index in [1.807, 2.05) is 25.1 Å². The third-order valence-corrected chi connectivity index (χ3v) is 4.35. The van der Waals surface area contributed by atoms with E-state index in [-0.39, 0.29) is 28.0 Å². The lowest BCUT2D eigenvalue weighted by molar-refractivity contribution is -0.384. The first-order chi connectivity index (χ1) is 13.1. The number of benzene rings is 2. The van der Waals surface area contributed by atoms with E-state index < -0.39 is 4.92 Å². The van der Waals surface area contributed by atoms with Crippen LogP contribution in [-0.2, 0) is 0 Å². The Morgan fingerprint density at radius 1 is 1.22 bits per heavy atom. The van der Waals surface area contributed by atoms with Gasteiger partial charge < -0.3 is 9.15 Å². The van der Waals surface area contributed by atoms with Crippen molar-refractivity contribution in [1.29, 1.82) is 0 Å². The Hall–Kier alpha value is -3.20. The van der Waals surface area contributed by atoms with E-state index in [4.69, 9.17) is 9.15 Å². The van der Waals surface area contributed by atoms with Crippen LogP contribution in [0.2, 0.25) is 0 Å². The molecule has 0 saturated carbocycles. The summed E-state index contributed by atoms with van der Waals surface area (Å²) in [6.45, 7) is 2.38. The Morgan fingerprint density at radius 3 is 2.81 bits per heavy atom. The van der Waals surface area contributed by atoms with Crippen LogP contribution in [0.15, 0.2) is 58.2 Å². The zero-order chi connectivity index (χ0) is 19.2. The number of Topliss-reactive ketones (excluding diaryl/α,β-unsaturated/α-hetero) is 1. The third kappa shape index (κ3) is 4.50. The molecule has 3 rings (SSSR count). The first-order valence-electron chi connectivity index (χ1n) is 8.04. The van der Waals surface area contributed by atoms with Crippen LogP contribution in [0, 0.1) is 10.1 Å². The molecule has 8 nitrogen and oxygen atoms in total. The molecular formula is C18H15N3O5S. The number of non-ortho nitro benzene ring substituents is 1. The molecule has 0 spiro atoms. The van der Waals surface area contributed by atoms with Crippen molar-refractivity contribution in [2.45, 2.75) is 12.1 Å². The van der Waals surface area contributed by atoms with Gasteiger partial charge in [0.15, 0.2) is 5.78 Å². The molecule has 0 amide bonds. The third-order valence-electron chi connectivity index (χ3n) is 3.53. The Bertz CT molecular complexity index is 973. The maximum absolute atomic E-state index is 12.3. The molecule has 0 saturated heterocycles. The van der Waals surface area contributed by atoms with Crippen molar-refractivity contribution in [1.82, 2.24) is 10.2 Å². The summed E-state index contributed by atoms with van der Waals surface area (Å²) in [5.41, 5.74) is 0.806. The van der Waals surface area contributed by atoms with Gasteiger partial charge in [-0.1, -0.05) is 36.0 Å². The van der Waals surface area contributed by atoms with Gasteiger partial charge in [0.05, 0.1) is 22.8 Å². The number of carbonyl (C=O) groups is 1. The monoisotopic (exact) mass is 385 g/mol. The summed E-state index contributed by atoms with van der Waals surface area (Å²) >= 11 is 1.07. The number of ketones is 1. The van der Waals surface area contributed by atoms with Gasteiger partial charge in [-0.05, 0) is 19.1 Å². The Labute approximate surface area is 158 Å². The zero-order valence-electron chi connectivity index (χ0n) is 14.3. The second kappa shape index (κ2) is 8.45. The molecule has 9 heteroatoms. The summed E-state index contributed by atoms with van der Waals surface area (Å²) in [7, 11) is 0. The molecule has 0 aliphatic rings. The lowest BCUT2D eigenvalue weighted by Crippen LogP contribution is -2.03.